The van der Waals surface area contributed by atoms with Crippen molar-refractivity contribution >= 4 is 10.8 Å². The number of aryl methyl sites for hydroxylation is 1. The van der Waals surface area contributed by atoms with E-state index in [1.807, 2.05) is 0 Å². The number of aromatic nitrogens is 1. The van der Waals surface area contributed by atoms with Crippen LogP contribution in [0.15, 0.2) is 42.7 Å². The van der Waals surface area contributed by atoms with E-state index in [0.29, 0.717) is 0 Å². The predicted octanol–water partition coefficient (Wildman–Crippen LogP) is 2.55. The second kappa shape index (κ2) is 5.61. The van der Waals surface area contributed by atoms with E-state index in [1.165, 1.54) is 10.8 Å². The van der Waals surface area contributed by atoms with Gasteiger partial charge in [-0.3, -0.25) is 0 Å². The lowest BCUT2D eigenvalue weighted by Gasteiger charge is -1.99. The molecule has 2 rings (SSSR count). The molecule has 0 fully saturated rings. The summed E-state index contributed by atoms with van der Waals surface area (Å²) >= 11 is 0. The maximum absolute atomic E-state index is 5.04. The molecule has 1 heterocycles. The van der Waals surface area contributed by atoms with Crippen LogP contribution in [0.3, 0.4) is 0 Å². The standard InChI is InChI=1S/C14H18NO/c1-16-11-5-4-9-15-10-8-13-6-2-3-7-14(13)12-15/h2-3,6-8,10,12H,4-5,9,11H2,1H3/q+1. The van der Waals surface area contributed by atoms with Crippen LogP contribution in [0.4, 0.5) is 0 Å². The molecule has 0 saturated heterocycles. The highest BCUT2D eigenvalue weighted by molar-refractivity contribution is 5.80. The van der Waals surface area contributed by atoms with Crippen molar-refractivity contribution in [3.05, 3.63) is 42.7 Å². The quantitative estimate of drug-likeness (QED) is 0.553. The van der Waals surface area contributed by atoms with Crippen LogP contribution in [-0.4, -0.2) is 13.7 Å². The van der Waals surface area contributed by atoms with Gasteiger partial charge < -0.3 is 4.74 Å². The first kappa shape index (κ1) is 11.1. The number of pyridine rings is 1. The Hall–Kier alpha value is -1.41. The summed E-state index contributed by atoms with van der Waals surface area (Å²) in [5.41, 5.74) is 0. The summed E-state index contributed by atoms with van der Waals surface area (Å²) < 4.78 is 7.29. The van der Waals surface area contributed by atoms with Crippen molar-refractivity contribution in [2.75, 3.05) is 13.7 Å². The number of methoxy groups -OCH3 is 1. The summed E-state index contributed by atoms with van der Waals surface area (Å²) in [5.74, 6) is 0. The molecule has 2 nitrogen and oxygen atoms in total. The molecule has 1 aromatic carbocycles. The van der Waals surface area contributed by atoms with Crippen molar-refractivity contribution in [2.45, 2.75) is 19.4 Å². The monoisotopic (exact) mass is 216 g/mol. The molecule has 0 aliphatic heterocycles. The van der Waals surface area contributed by atoms with Crippen molar-refractivity contribution in [3.8, 4) is 0 Å². The first-order valence-corrected chi connectivity index (χ1v) is 5.77. The average molecular weight is 216 g/mol. The maximum Gasteiger partial charge on any atom is 0.176 e. The lowest BCUT2D eigenvalue weighted by atomic mass is 10.2. The van der Waals surface area contributed by atoms with Crippen LogP contribution in [0.5, 0.6) is 0 Å². The van der Waals surface area contributed by atoms with Gasteiger partial charge in [-0.15, -0.1) is 0 Å². The molecule has 0 amide bonds. The number of rotatable bonds is 5. The van der Waals surface area contributed by atoms with E-state index in [2.05, 4.69) is 47.3 Å². The molecule has 2 heteroatoms. The third-order valence-corrected chi connectivity index (χ3v) is 2.76. The zero-order chi connectivity index (χ0) is 11.2. The number of benzene rings is 1. The average Bonchev–Trinajstić information content (AvgIpc) is 2.34. The lowest BCUT2D eigenvalue weighted by Crippen LogP contribution is -2.32. The van der Waals surface area contributed by atoms with Gasteiger partial charge in [0, 0.05) is 31.6 Å². The number of unbranched alkanes of at least 4 members (excludes halogenated alkanes) is 1. The van der Waals surface area contributed by atoms with E-state index < -0.39 is 0 Å². The molecule has 0 spiro atoms. The van der Waals surface area contributed by atoms with Gasteiger partial charge in [-0.2, -0.15) is 0 Å². The molecule has 84 valence electrons. The number of ether oxygens (including phenoxy) is 1. The minimum Gasteiger partial charge on any atom is -0.385 e. The predicted molar refractivity (Wildman–Crippen MR) is 65.3 cm³/mol. The van der Waals surface area contributed by atoms with Crippen LogP contribution in [-0.2, 0) is 11.3 Å². The normalized spacial score (nSPS) is 10.8. The zero-order valence-corrected chi connectivity index (χ0v) is 9.73. The topological polar surface area (TPSA) is 13.1 Å². The van der Waals surface area contributed by atoms with E-state index in [9.17, 15) is 0 Å². The van der Waals surface area contributed by atoms with Gasteiger partial charge in [0.25, 0.3) is 0 Å². The van der Waals surface area contributed by atoms with Crippen molar-refractivity contribution < 1.29 is 9.30 Å². The number of hydrogen-bond donors (Lipinski definition) is 0. The SMILES string of the molecule is COCCCC[n+]1ccc2ccccc2c1. The number of fused-ring (bicyclic) bond motifs is 1. The van der Waals surface area contributed by atoms with Crippen LogP contribution >= 0.6 is 0 Å². The molecule has 0 bridgehead atoms. The van der Waals surface area contributed by atoms with Gasteiger partial charge in [-0.05, 0) is 17.9 Å². The summed E-state index contributed by atoms with van der Waals surface area (Å²) in [7, 11) is 1.75. The molecular weight excluding hydrogens is 198 g/mol. The summed E-state index contributed by atoms with van der Waals surface area (Å²) in [6.07, 6.45) is 6.64. The Kier molecular flexibility index (Phi) is 3.89. The van der Waals surface area contributed by atoms with Crippen molar-refractivity contribution in [3.63, 3.8) is 0 Å². The van der Waals surface area contributed by atoms with Crippen LogP contribution in [0, 0.1) is 0 Å². The highest BCUT2D eigenvalue weighted by Crippen LogP contribution is 2.09. The Balaban J connectivity index is 2.02. The van der Waals surface area contributed by atoms with Crippen LogP contribution in [0.1, 0.15) is 12.8 Å². The largest absolute Gasteiger partial charge is 0.385 e. The second-order valence-corrected chi connectivity index (χ2v) is 4.01. The van der Waals surface area contributed by atoms with Crippen molar-refractivity contribution in [2.24, 2.45) is 0 Å². The van der Waals surface area contributed by atoms with Gasteiger partial charge in [0.1, 0.15) is 6.54 Å². The van der Waals surface area contributed by atoms with Gasteiger partial charge in [-0.1, -0.05) is 18.2 Å². The van der Waals surface area contributed by atoms with Gasteiger partial charge in [0.2, 0.25) is 0 Å². The first-order valence-electron chi connectivity index (χ1n) is 5.77. The van der Waals surface area contributed by atoms with Gasteiger partial charge in [0.15, 0.2) is 12.4 Å². The molecule has 2 aromatic rings. The Morgan fingerprint density at radius 3 is 2.69 bits per heavy atom. The van der Waals surface area contributed by atoms with Crippen LogP contribution < -0.4 is 4.57 Å². The van der Waals surface area contributed by atoms with E-state index in [-0.39, 0.29) is 0 Å². The van der Waals surface area contributed by atoms with Crippen LogP contribution in [0.2, 0.25) is 0 Å². The Morgan fingerprint density at radius 2 is 1.88 bits per heavy atom. The Morgan fingerprint density at radius 1 is 1.06 bits per heavy atom. The fourth-order valence-corrected chi connectivity index (χ4v) is 1.86. The van der Waals surface area contributed by atoms with Crippen LogP contribution in [0.25, 0.3) is 10.8 Å². The molecular formula is C14H18NO+. The first-order chi connectivity index (χ1) is 7.90. The lowest BCUT2D eigenvalue weighted by molar-refractivity contribution is -0.696. The fraction of sp³-hybridized carbons (Fsp3) is 0.357. The van der Waals surface area contributed by atoms with E-state index >= 15 is 0 Å². The fourth-order valence-electron chi connectivity index (χ4n) is 1.86. The molecule has 0 aliphatic carbocycles. The van der Waals surface area contributed by atoms with Crippen molar-refractivity contribution in [1.29, 1.82) is 0 Å². The zero-order valence-electron chi connectivity index (χ0n) is 9.73. The smallest absolute Gasteiger partial charge is 0.176 e. The molecule has 0 unspecified atom stereocenters. The minimum absolute atomic E-state index is 0.855. The summed E-state index contributed by atoms with van der Waals surface area (Å²) in [6, 6.07) is 10.6. The molecule has 0 saturated carbocycles. The molecule has 16 heavy (non-hydrogen) atoms. The van der Waals surface area contributed by atoms with Gasteiger partial charge in [0.05, 0.1) is 0 Å². The van der Waals surface area contributed by atoms with E-state index in [1.54, 1.807) is 7.11 Å². The number of nitrogens with zero attached hydrogens (tertiary/aromatic N) is 1. The van der Waals surface area contributed by atoms with Gasteiger partial charge >= 0.3 is 0 Å². The highest BCUT2D eigenvalue weighted by atomic mass is 16.5. The minimum atomic E-state index is 0.855. The second-order valence-electron chi connectivity index (χ2n) is 4.01. The Bertz CT molecular complexity index is 453. The highest BCUT2D eigenvalue weighted by Gasteiger charge is 2.01. The third-order valence-electron chi connectivity index (χ3n) is 2.76. The Labute approximate surface area is 96.5 Å². The van der Waals surface area contributed by atoms with E-state index in [0.717, 1.165) is 26.0 Å². The molecule has 0 aliphatic rings. The third kappa shape index (κ3) is 2.80. The summed E-state index contributed by atoms with van der Waals surface area (Å²) in [4.78, 5) is 0. The van der Waals surface area contributed by atoms with Gasteiger partial charge in [-0.25, -0.2) is 4.57 Å². The molecule has 0 atom stereocenters. The molecule has 1 aromatic heterocycles. The summed E-state index contributed by atoms with van der Waals surface area (Å²) in [6.45, 7) is 1.92. The van der Waals surface area contributed by atoms with E-state index in [4.69, 9.17) is 4.74 Å². The molecule has 0 N–H and O–H groups in total. The maximum atomic E-state index is 5.04. The molecule has 0 radical (unpaired) electrons. The van der Waals surface area contributed by atoms with Crippen molar-refractivity contribution in [1.82, 2.24) is 0 Å². The number of hydrogen-bond acceptors (Lipinski definition) is 1. The summed E-state index contributed by atoms with van der Waals surface area (Å²) in [5, 5.41) is 2.60.